The number of aryl methyl sites for hydroxylation is 1. The standard InChI is InChI=1S/C17H20O4/c1-4-20-17(18)16(21-11-19-3)15-12(2)9-10-13-7-5-6-8-14(13)15/h5-10,16H,4,11H2,1-3H3. The van der Waals surface area contributed by atoms with Gasteiger partial charge in [-0.1, -0.05) is 36.4 Å². The van der Waals surface area contributed by atoms with Crippen molar-refractivity contribution in [1.29, 1.82) is 0 Å². The van der Waals surface area contributed by atoms with Crippen LogP contribution in [0, 0.1) is 6.92 Å². The van der Waals surface area contributed by atoms with E-state index in [1.165, 1.54) is 7.11 Å². The summed E-state index contributed by atoms with van der Waals surface area (Å²) in [6.07, 6.45) is -0.781. The fourth-order valence-electron chi connectivity index (χ4n) is 2.38. The molecule has 0 fully saturated rings. The van der Waals surface area contributed by atoms with Crippen LogP contribution in [0.2, 0.25) is 0 Å². The average Bonchev–Trinajstić information content (AvgIpc) is 2.49. The van der Waals surface area contributed by atoms with E-state index >= 15 is 0 Å². The minimum Gasteiger partial charge on any atom is -0.464 e. The van der Waals surface area contributed by atoms with Crippen LogP contribution in [-0.4, -0.2) is 26.5 Å². The van der Waals surface area contributed by atoms with Gasteiger partial charge in [-0.3, -0.25) is 0 Å². The fraction of sp³-hybridized carbons (Fsp3) is 0.353. The quantitative estimate of drug-likeness (QED) is 0.604. The molecule has 0 aromatic heterocycles. The molecular weight excluding hydrogens is 268 g/mol. The van der Waals surface area contributed by atoms with E-state index in [9.17, 15) is 4.79 Å². The highest BCUT2D eigenvalue weighted by Gasteiger charge is 2.26. The van der Waals surface area contributed by atoms with Gasteiger partial charge in [0, 0.05) is 12.7 Å². The number of rotatable bonds is 6. The minimum atomic E-state index is -0.781. The van der Waals surface area contributed by atoms with Crippen LogP contribution in [0.25, 0.3) is 10.8 Å². The monoisotopic (exact) mass is 288 g/mol. The maximum absolute atomic E-state index is 12.2. The molecule has 0 N–H and O–H groups in total. The largest absolute Gasteiger partial charge is 0.464 e. The molecule has 0 heterocycles. The highest BCUT2D eigenvalue weighted by molar-refractivity contribution is 5.91. The number of hydrogen-bond acceptors (Lipinski definition) is 4. The number of ether oxygens (including phenoxy) is 3. The van der Waals surface area contributed by atoms with E-state index in [-0.39, 0.29) is 6.79 Å². The zero-order valence-corrected chi connectivity index (χ0v) is 12.6. The summed E-state index contributed by atoms with van der Waals surface area (Å²) in [5.74, 6) is -0.394. The Balaban J connectivity index is 2.52. The number of methoxy groups -OCH3 is 1. The lowest BCUT2D eigenvalue weighted by Gasteiger charge is -2.20. The van der Waals surface area contributed by atoms with Crippen LogP contribution in [0.3, 0.4) is 0 Å². The molecular formula is C17H20O4. The van der Waals surface area contributed by atoms with Gasteiger partial charge in [0.15, 0.2) is 6.10 Å². The Morgan fingerprint density at radius 3 is 2.67 bits per heavy atom. The zero-order valence-electron chi connectivity index (χ0n) is 12.6. The highest BCUT2D eigenvalue weighted by Crippen LogP contribution is 2.30. The van der Waals surface area contributed by atoms with E-state index in [0.717, 1.165) is 21.9 Å². The Bertz CT molecular complexity index is 621. The van der Waals surface area contributed by atoms with Gasteiger partial charge in [-0.05, 0) is 30.2 Å². The van der Waals surface area contributed by atoms with Gasteiger partial charge in [-0.25, -0.2) is 4.79 Å². The first-order chi connectivity index (χ1) is 10.2. The number of benzene rings is 2. The molecule has 2 rings (SSSR count). The predicted octanol–water partition coefficient (Wildman–Crippen LogP) is 3.37. The fourth-order valence-corrected chi connectivity index (χ4v) is 2.38. The molecule has 2 aromatic carbocycles. The number of esters is 1. The topological polar surface area (TPSA) is 44.8 Å². The zero-order chi connectivity index (χ0) is 15.2. The molecule has 0 radical (unpaired) electrons. The lowest BCUT2D eigenvalue weighted by molar-refractivity contribution is -0.165. The summed E-state index contributed by atoms with van der Waals surface area (Å²) in [4.78, 5) is 12.2. The molecule has 2 aromatic rings. The van der Waals surface area contributed by atoms with E-state index in [1.54, 1.807) is 6.92 Å². The Labute approximate surface area is 124 Å². The maximum Gasteiger partial charge on any atom is 0.340 e. The first kappa shape index (κ1) is 15.5. The molecule has 1 atom stereocenters. The molecule has 21 heavy (non-hydrogen) atoms. The van der Waals surface area contributed by atoms with Gasteiger partial charge in [0.05, 0.1) is 6.61 Å². The second-order valence-electron chi connectivity index (χ2n) is 4.72. The van der Waals surface area contributed by atoms with Crippen molar-refractivity contribution >= 4 is 16.7 Å². The van der Waals surface area contributed by atoms with Gasteiger partial charge < -0.3 is 14.2 Å². The van der Waals surface area contributed by atoms with Crippen LogP contribution in [0.15, 0.2) is 36.4 Å². The summed E-state index contributed by atoms with van der Waals surface area (Å²) >= 11 is 0. The van der Waals surface area contributed by atoms with Crippen molar-refractivity contribution in [2.45, 2.75) is 20.0 Å². The van der Waals surface area contributed by atoms with Crippen LogP contribution < -0.4 is 0 Å². The number of carbonyl (C=O) groups excluding carboxylic acids is 1. The van der Waals surface area contributed by atoms with E-state index in [2.05, 4.69) is 0 Å². The Kier molecular flexibility index (Phi) is 5.31. The SMILES string of the molecule is CCOC(=O)C(OCOC)c1c(C)ccc2ccccc12. The third-order valence-corrected chi connectivity index (χ3v) is 3.30. The van der Waals surface area contributed by atoms with Crippen LogP contribution in [0.4, 0.5) is 0 Å². The van der Waals surface area contributed by atoms with Gasteiger partial charge in [0.2, 0.25) is 0 Å². The van der Waals surface area contributed by atoms with E-state index in [0.29, 0.717) is 6.61 Å². The molecule has 0 saturated heterocycles. The van der Waals surface area contributed by atoms with Crippen molar-refractivity contribution < 1.29 is 19.0 Å². The Morgan fingerprint density at radius 2 is 1.95 bits per heavy atom. The van der Waals surface area contributed by atoms with Crippen molar-refractivity contribution in [2.75, 3.05) is 20.5 Å². The Hall–Kier alpha value is -1.91. The normalized spacial score (nSPS) is 12.3. The second kappa shape index (κ2) is 7.20. The molecule has 0 saturated carbocycles. The molecule has 0 aliphatic rings. The van der Waals surface area contributed by atoms with Crippen molar-refractivity contribution in [1.82, 2.24) is 0 Å². The molecule has 0 amide bonds. The smallest absolute Gasteiger partial charge is 0.340 e. The van der Waals surface area contributed by atoms with Crippen LogP contribution >= 0.6 is 0 Å². The van der Waals surface area contributed by atoms with Crippen LogP contribution in [-0.2, 0) is 19.0 Å². The molecule has 112 valence electrons. The number of hydrogen-bond donors (Lipinski definition) is 0. The molecule has 0 spiro atoms. The van der Waals surface area contributed by atoms with Gasteiger partial charge in [-0.15, -0.1) is 0 Å². The van der Waals surface area contributed by atoms with Gasteiger partial charge in [-0.2, -0.15) is 0 Å². The van der Waals surface area contributed by atoms with Gasteiger partial charge >= 0.3 is 5.97 Å². The second-order valence-corrected chi connectivity index (χ2v) is 4.72. The summed E-state index contributed by atoms with van der Waals surface area (Å²) in [5, 5.41) is 2.06. The third kappa shape index (κ3) is 3.40. The molecule has 0 aliphatic heterocycles. The third-order valence-electron chi connectivity index (χ3n) is 3.30. The summed E-state index contributed by atoms with van der Waals surface area (Å²) < 4.78 is 15.7. The highest BCUT2D eigenvalue weighted by atomic mass is 16.7. The van der Waals surface area contributed by atoms with Crippen molar-refractivity contribution in [3.63, 3.8) is 0 Å². The molecule has 1 unspecified atom stereocenters. The molecule has 4 heteroatoms. The van der Waals surface area contributed by atoms with Gasteiger partial charge in [0.1, 0.15) is 6.79 Å². The predicted molar refractivity (Wildman–Crippen MR) is 81.0 cm³/mol. The van der Waals surface area contributed by atoms with Crippen LogP contribution in [0.5, 0.6) is 0 Å². The van der Waals surface area contributed by atoms with Gasteiger partial charge in [0.25, 0.3) is 0 Å². The summed E-state index contributed by atoms with van der Waals surface area (Å²) in [7, 11) is 1.53. The van der Waals surface area contributed by atoms with Crippen molar-refractivity contribution in [2.24, 2.45) is 0 Å². The summed E-state index contributed by atoms with van der Waals surface area (Å²) in [5.41, 5.74) is 1.83. The van der Waals surface area contributed by atoms with Crippen LogP contribution in [0.1, 0.15) is 24.2 Å². The Morgan fingerprint density at radius 1 is 1.19 bits per heavy atom. The average molecular weight is 288 g/mol. The van der Waals surface area contributed by atoms with E-state index < -0.39 is 12.1 Å². The molecule has 0 aliphatic carbocycles. The minimum absolute atomic E-state index is 0.0339. The molecule has 4 nitrogen and oxygen atoms in total. The number of carbonyl (C=O) groups is 1. The first-order valence-electron chi connectivity index (χ1n) is 6.94. The lowest BCUT2D eigenvalue weighted by Crippen LogP contribution is -2.21. The van der Waals surface area contributed by atoms with E-state index in [1.807, 2.05) is 43.3 Å². The summed E-state index contributed by atoms with van der Waals surface area (Å²) in [6, 6.07) is 11.9. The molecule has 0 bridgehead atoms. The summed E-state index contributed by atoms with van der Waals surface area (Å²) in [6.45, 7) is 4.09. The first-order valence-corrected chi connectivity index (χ1v) is 6.94. The lowest BCUT2D eigenvalue weighted by atomic mass is 9.95. The number of fused-ring (bicyclic) bond motifs is 1. The van der Waals surface area contributed by atoms with Crippen molar-refractivity contribution in [3.8, 4) is 0 Å². The van der Waals surface area contributed by atoms with E-state index in [4.69, 9.17) is 14.2 Å². The van der Waals surface area contributed by atoms with Crippen molar-refractivity contribution in [3.05, 3.63) is 47.5 Å². The maximum atomic E-state index is 12.2.